The molecule has 0 saturated heterocycles. The van der Waals surface area contributed by atoms with Gasteiger partial charge in [0.05, 0.1) is 0 Å². The van der Waals surface area contributed by atoms with Crippen LogP contribution in [0.2, 0.25) is 0 Å². The topological polar surface area (TPSA) is 34.9 Å². The molecule has 3 nitrogen and oxygen atoms in total. The van der Waals surface area contributed by atoms with Gasteiger partial charge in [-0.15, -0.1) is 0 Å². The molecule has 0 bridgehead atoms. The minimum atomic E-state index is -0.875. The Bertz CT molecular complexity index is 1050. The van der Waals surface area contributed by atoms with Crippen molar-refractivity contribution in [3.8, 4) is 0 Å². The maximum atomic E-state index is 13.3. The maximum Gasteiger partial charge on any atom is 0.257 e. The van der Waals surface area contributed by atoms with Crippen molar-refractivity contribution < 1.29 is 8.78 Å². The van der Waals surface area contributed by atoms with Crippen molar-refractivity contribution in [3.63, 3.8) is 0 Å². The number of halogens is 2. The fourth-order valence-electron chi connectivity index (χ4n) is 2.84. The number of hydrogen-bond acceptors (Lipinski definition) is 3. The first-order chi connectivity index (χ1) is 12.9. The van der Waals surface area contributed by atoms with E-state index in [-0.39, 0.29) is 5.56 Å². The molecule has 0 unspecified atom stereocenters. The van der Waals surface area contributed by atoms with E-state index >= 15 is 0 Å². The molecule has 0 spiro atoms. The van der Waals surface area contributed by atoms with E-state index in [1.807, 2.05) is 38.1 Å². The van der Waals surface area contributed by atoms with Crippen molar-refractivity contribution >= 4 is 11.8 Å². The van der Waals surface area contributed by atoms with Crippen LogP contribution in [0, 0.1) is 25.5 Å². The summed E-state index contributed by atoms with van der Waals surface area (Å²) in [5.41, 5.74) is 4.14. The molecule has 0 saturated carbocycles. The normalized spacial score (nSPS) is 11.0. The molecule has 1 heterocycles. The third-order valence-corrected chi connectivity index (χ3v) is 5.63. The van der Waals surface area contributed by atoms with E-state index in [0.717, 1.165) is 17.2 Å². The summed E-state index contributed by atoms with van der Waals surface area (Å²) in [6, 6.07) is 11.8. The molecule has 0 fully saturated rings. The fourth-order valence-corrected chi connectivity index (χ4v) is 3.79. The first-order valence-electron chi connectivity index (χ1n) is 8.54. The van der Waals surface area contributed by atoms with Crippen LogP contribution < -0.4 is 5.56 Å². The van der Waals surface area contributed by atoms with Gasteiger partial charge in [0.2, 0.25) is 0 Å². The zero-order chi connectivity index (χ0) is 19.6. The van der Waals surface area contributed by atoms with E-state index in [0.29, 0.717) is 34.2 Å². The Kier molecular flexibility index (Phi) is 5.75. The van der Waals surface area contributed by atoms with Crippen LogP contribution in [-0.2, 0) is 19.2 Å². The summed E-state index contributed by atoms with van der Waals surface area (Å²) in [5, 5.41) is 0.552. The quantitative estimate of drug-likeness (QED) is 0.476. The van der Waals surface area contributed by atoms with Crippen LogP contribution in [0.25, 0.3) is 0 Å². The molecule has 0 aliphatic heterocycles. The Morgan fingerprint density at radius 3 is 2.52 bits per heavy atom. The largest absolute Gasteiger partial charge is 0.291 e. The molecule has 3 rings (SSSR count). The highest BCUT2D eigenvalue weighted by atomic mass is 32.2. The van der Waals surface area contributed by atoms with E-state index in [2.05, 4.69) is 4.98 Å². The number of aromatic nitrogens is 2. The number of aryl methyl sites for hydroxylation is 2. The lowest BCUT2D eigenvalue weighted by Crippen LogP contribution is -2.26. The molecule has 2 aromatic carbocycles. The van der Waals surface area contributed by atoms with Crippen molar-refractivity contribution in [2.45, 2.75) is 31.2 Å². The molecule has 27 heavy (non-hydrogen) atoms. The van der Waals surface area contributed by atoms with Crippen LogP contribution in [0.1, 0.15) is 27.9 Å². The maximum absolute atomic E-state index is 13.3. The highest BCUT2D eigenvalue weighted by Crippen LogP contribution is 2.22. The second-order valence-corrected chi connectivity index (χ2v) is 7.41. The molecule has 0 aliphatic carbocycles. The van der Waals surface area contributed by atoms with Crippen molar-refractivity contribution in [1.82, 2.24) is 9.55 Å². The monoisotopic (exact) mass is 386 g/mol. The summed E-state index contributed by atoms with van der Waals surface area (Å²) in [6.07, 6.45) is 0.534. The molecular formula is C21H20F2N2OS. The second-order valence-electron chi connectivity index (χ2n) is 6.46. The predicted octanol–water partition coefficient (Wildman–Crippen LogP) is 4.56. The standard InChI is InChI=1S/C21H20F2N2OS/c1-13-6-4-5-7-16(13)11-17-14(2)24-21(25(3)20(17)26)27-12-15-8-9-18(22)19(23)10-15/h4-10H,11-12H2,1-3H3. The van der Waals surface area contributed by atoms with Gasteiger partial charge in [0, 0.05) is 30.5 Å². The predicted molar refractivity (Wildman–Crippen MR) is 104 cm³/mol. The second kappa shape index (κ2) is 8.05. The van der Waals surface area contributed by atoms with Gasteiger partial charge in [-0.25, -0.2) is 13.8 Å². The van der Waals surface area contributed by atoms with Crippen molar-refractivity contribution in [1.29, 1.82) is 0 Å². The van der Waals surface area contributed by atoms with Gasteiger partial charge in [0.25, 0.3) is 5.56 Å². The number of hydrogen-bond donors (Lipinski definition) is 0. The first kappa shape index (κ1) is 19.3. The van der Waals surface area contributed by atoms with Crippen LogP contribution >= 0.6 is 11.8 Å². The van der Waals surface area contributed by atoms with E-state index < -0.39 is 11.6 Å². The van der Waals surface area contributed by atoms with E-state index in [4.69, 9.17) is 0 Å². The van der Waals surface area contributed by atoms with Crippen LogP contribution in [-0.4, -0.2) is 9.55 Å². The van der Waals surface area contributed by atoms with Crippen LogP contribution in [0.3, 0.4) is 0 Å². The Labute approximate surface area is 161 Å². The van der Waals surface area contributed by atoms with Crippen LogP contribution in [0.4, 0.5) is 8.78 Å². The van der Waals surface area contributed by atoms with Crippen molar-refractivity contribution in [2.75, 3.05) is 0 Å². The smallest absolute Gasteiger partial charge is 0.257 e. The molecule has 6 heteroatoms. The molecule has 0 radical (unpaired) electrons. The Morgan fingerprint density at radius 2 is 1.81 bits per heavy atom. The summed E-state index contributed by atoms with van der Waals surface area (Å²) in [5.74, 6) is -1.35. The minimum absolute atomic E-state index is 0.0847. The lowest BCUT2D eigenvalue weighted by Gasteiger charge is -2.13. The SMILES string of the molecule is Cc1ccccc1Cc1c(C)nc(SCc2ccc(F)c(F)c2)n(C)c1=O. The summed E-state index contributed by atoms with van der Waals surface area (Å²) < 4.78 is 27.9. The van der Waals surface area contributed by atoms with Gasteiger partial charge >= 0.3 is 0 Å². The number of rotatable bonds is 5. The Balaban J connectivity index is 1.85. The molecule has 0 atom stereocenters. The summed E-state index contributed by atoms with van der Waals surface area (Å²) in [4.78, 5) is 17.4. The van der Waals surface area contributed by atoms with Crippen molar-refractivity contribution in [3.05, 3.63) is 92.4 Å². The average Bonchev–Trinajstić information content (AvgIpc) is 2.65. The molecule has 3 aromatic rings. The fraction of sp³-hybridized carbons (Fsp3) is 0.238. The number of nitrogens with zero attached hydrogens (tertiary/aromatic N) is 2. The highest BCUT2D eigenvalue weighted by molar-refractivity contribution is 7.98. The molecule has 1 aromatic heterocycles. The van der Waals surface area contributed by atoms with E-state index in [9.17, 15) is 13.6 Å². The minimum Gasteiger partial charge on any atom is -0.291 e. The summed E-state index contributed by atoms with van der Waals surface area (Å²) in [7, 11) is 1.68. The molecule has 0 N–H and O–H groups in total. The lowest BCUT2D eigenvalue weighted by molar-refractivity contribution is 0.507. The lowest BCUT2D eigenvalue weighted by atomic mass is 10.0. The average molecular weight is 386 g/mol. The highest BCUT2D eigenvalue weighted by Gasteiger charge is 2.14. The zero-order valence-electron chi connectivity index (χ0n) is 15.4. The molecule has 0 aliphatic rings. The molecular weight excluding hydrogens is 366 g/mol. The number of benzene rings is 2. The Hall–Kier alpha value is -2.47. The van der Waals surface area contributed by atoms with Gasteiger partial charge in [0.1, 0.15) is 0 Å². The summed E-state index contributed by atoms with van der Waals surface area (Å²) >= 11 is 1.32. The van der Waals surface area contributed by atoms with Gasteiger partial charge < -0.3 is 0 Å². The van der Waals surface area contributed by atoms with E-state index in [1.54, 1.807) is 7.05 Å². The third-order valence-electron chi connectivity index (χ3n) is 4.53. The third kappa shape index (κ3) is 4.27. The molecule has 0 amide bonds. The van der Waals surface area contributed by atoms with Gasteiger partial charge in [-0.3, -0.25) is 9.36 Å². The van der Waals surface area contributed by atoms with Gasteiger partial charge in [0.15, 0.2) is 16.8 Å². The van der Waals surface area contributed by atoms with Gasteiger partial charge in [-0.05, 0) is 42.7 Å². The van der Waals surface area contributed by atoms with Gasteiger partial charge in [-0.2, -0.15) is 0 Å². The van der Waals surface area contributed by atoms with E-state index in [1.165, 1.54) is 28.5 Å². The molecule has 140 valence electrons. The summed E-state index contributed by atoms with van der Waals surface area (Å²) in [6.45, 7) is 3.85. The van der Waals surface area contributed by atoms with Crippen LogP contribution in [0.5, 0.6) is 0 Å². The van der Waals surface area contributed by atoms with Gasteiger partial charge in [-0.1, -0.05) is 42.1 Å². The number of thioether (sulfide) groups is 1. The first-order valence-corrected chi connectivity index (χ1v) is 9.53. The van der Waals surface area contributed by atoms with Crippen LogP contribution in [0.15, 0.2) is 52.4 Å². The zero-order valence-corrected chi connectivity index (χ0v) is 16.2. The Morgan fingerprint density at radius 1 is 1.07 bits per heavy atom. The van der Waals surface area contributed by atoms with Crippen molar-refractivity contribution in [2.24, 2.45) is 7.05 Å².